The molecule has 192 valence electrons. The summed E-state index contributed by atoms with van der Waals surface area (Å²) in [5.74, 6) is 1.86. The van der Waals surface area contributed by atoms with Crippen molar-refractivity contribution in [2.24, 2.45) is 15.7 Å². The van der Waals surface area contributed by atoms with Crippen molar-refractivity contribution in [3.8, 4) is 34.1 Å². The van der Waals surface area contributed by atoms with Gasteiger partial charge in [-0.25, -0.2) is 9.98 Å². The number of phenols is 1. The van der Waals surface area contributed by atoms with Crippen LogP contribution in [0.15, 0.2) is 108 Å². The first-order chi connectivity index (χ1) is 18.4. The molecule has 3 N–H and O–H groups in total. The number of methoxy groups -OCH3 is 3. The van der Waals surface area contributed by atoms with Gasteiger partial charge in [0.2, 0.25) is 0 Å². The maximum absolute atomic E-state index is 10.5. The molecular formula is C31H29N3O4. The highest BCUT2D eigenvalue weighted by Gasteiger charge is 2.15. The molecule has 0 saturated heterocycles. The molecule has 0 aliphatic carbocycles. The van der Waals surface area contributed by atoms with E-state index in [0.717, 1.165) is 16.7 Å². The Morgan fingerprint density at radius 2 is 1.32 bits per heavy atom. The van der Waals surface area contributed by atoms with E-state index in [9.17, 15) is 5.11 Å². The Kier molecular flexibility index (Phi) is 8.08. The molecular weight excluding hydrogens is 478 g/mol. The Morgan fingerprint density at radius 1 is 0.711 bits per heavy atom. The molecule has 0 heterocycles. The molecule has 0 radical (unpaired) electrons. The van der Waals surface area contributed by atoms with Crippen LogP contribution in [0.3, 0.4) is 0 Å². The Morgan fingerprint density at radius 3 is 1.92 bits per heavy atom. The average molecular weight is 508 g/mol. The molecule has 4 aromatic carbocycles. The summed E-state index contributed by atoms with van der Waals surface area (Å²) in [4.78, 5) is 9.33. The monoisotopic (exact) mass is 507 g/mol. The van der Waals surface area contributed by atoms with Gasteiger partial charge in [0.15, 0.2) is 5.84 Å². The van der Waals surface area contributed by atoms with Crippen molar-refractivity contribution in [1.29, 1.82) is 0 Å². The zero-order valence-electron chi connectivity index (χ0n) is 21.5. The van der Waals surface area contributed by atoms with Gasteiger partial charge in [-0.15, -0.1) is 0 Å². The zero-order chi connectivity index (χ0) is 27.1. The van der Waals surface area contributed by atoms with Gasteiger partial charge in [0, 0.05) is 12.1 Å². The molecule has 4 rings (SSSR count). The topological polar surface area (TPSA) is 98.7 Å². The van der Waals surface area contributed by atoms with Gasteiger partial charge in [-0.3, -0.25) is 0 Å². The number of aromatic hydroxyl groups is 1. The van der Waals surface area contributed by atoms with Gasteiger partial charge < -0.3 is 25.1 Å². The normalized spacial score (nSPS) is 11.7. The van der Waals surface area contributed by atoms with Crippen LogP contribution < -0.4 is 19.9 Å². The average Bonchev–Trinajstić information content (AvgIpc) is 2.96. The lowest BCUT2D eigenvalue weighted by Gasteiger charge is -2.13. The second-order valence-electron chi connectivity index (χ2n) is 8.27. The van der Waals surface area contributed by atoms with Gasteiger partial charge >= 0.3 is 0 Å². The summed E-state index contributed by atoms with van der Waals surface area (Å²) in [6, 6.07) is 28.2. The number of aliphatic imine (C=N–C) groups is 2. The number of benzene rings is 4. The molecule has 0 bridgehead atoms. The Balaban J connectivity index is 1.77. The fraction of sp³-hybridized carbons (Fsp3) is 0.0968. The second kappa shape index (κ2) is 11.8. The third kappa shape index (κ3) is 5.84. The molecule has 0 amide bonds. The third-order valence-electron chi connectivity index (χ3n) is 5.92. The molecule has 4 aromatic rings. The van der Waals surface area contributed by atoms with Crippen LogP contribution in [0.25, 0.3) is 16.8 Å². The maximum Gasteiger partial charge on any atom is 0.165 e. The van der Waals surface area contributed by atoms with Crippen LogP contribution in [0, 0.1) is 0 Å². The van der Waals surface area contributed by atoms with E-state index in [2.05, 4.69) is 23.7 Å². The van der Waals surface area contributed by atoms with E-state index in [1.54, 1.807) is 44.6 Å². The Labute approximate surface area is 222 Å². The first-order valence-corrected chi connectivity index (χ1v) is 11.8. The predicted octanol–water partition coefficient (Wildman–Crippen LogP) is 5.91. The zero-order valence-corrected chi connectivity index (χ0v) is 21.5. The van der Waals surface area contributed by atoms with Gasteiger partial charge in [-0.2, -0.15) is 0 Å². The van der Waals surface area contributed by atoms with E-state index in [1.807, 2.05) is 42.5 Å². The highest BCUT2D eigenvalue weighted by atomic mass is 16.5. The Hall–Kier alpha value is -5.04. The van der Waals surface area contributed by atoms with Gasteiger partial charge in [-0.05, 0) is 41.0 Å². The lowest BCUT2D eigenvalue weighted by Crippen LogP contribution is -2.17. The molecule has 0 fully saturated rings. The summed E-state index contributed by atoms with van der Waals surface area (Å²) >= 11 is 0. The SMILES string of the molecule is C=C(/N=C(\N=C(/N)c1ccc(OC)cc1O)c1ccc(OC)cc1OC)c1ccc(-c2ccccc2)cc1. The van der Waals surface area contributed by atoms with Gasteiger partial charge in [0.1, 0.15) is 28.8 Å². The van der Waals surface area contributed by atoms with Crippen molar-refractivity contribution >= 4 is 17.4 Å². The van der Waals surface area contributed by atoms with Crippen LogP contribution in [0.1, 0.15) is 16.7 Å². The quantitative estimate of drug-likeness (QED) is 0.228. The minimum Gasteiger partial charge on any atom is -0.507 e. The van der Waals surface area contributed by atoms with E-state index in [1.165, 1.54) is 13.2 Å². The minimum absolute atomic E-state index is 0.0639. The van der Waals surface area contributed by atoms with Crippen molar-refractivity contribution in [2.75, 3.05) is 21.3 Å². The van der Waals surface area contributed by atoms with E-state index in [4.69, 9.17) is 24.9 Å². The predicted molar refractivity (Wildman–Crippen MR) is 152 cm³/mol. The summed E-state index contributed by atoms with van der Waals surface area (Å²) in [7, 11) is 4.65. The minimum atomic E-state index is -0.0676. The number of rotatable bonds is 8. The fourth-order valence-corrected chi connectivity index (χ4v) is 3.84. The number of phenolic OH excluding ortho intramolecular Hbond substituents is 1. The van der Waals surface area contributed by atoms with E-state index >= 15 is 0 Å². The molecule has 0 unspecified atom stereocenters. The first kappa shape index (κ1) is 26.0. The van der Waals surface area contributed by atoms with Crippen molar-refractivity contribution in [3.63, 3.8) is 0 Å². The fourth-order valence-electron chi connectivity index (χ4n) is 3.84. The highest BCUT2D eigenvalue weighted by Crippen LogP contribution is 2.29. The number of hydrogen-bond donors (Lipinski definition) is 2. The standard InChI is InChI=1S/C31H29N3O4/c1-20(21-10-12-23(13-11-21)22-8-6-5-7-9-22)33-31(27-17-15-25(37-3)19-29(27)38-4)34-30(32)26-16-14-24(36-2)18-28(26)35/h5-19,35H,1H2,2-4H3,(H2,32,33,34). The summed E-state index contributed by atoms with van der Waals surface area (Å²) in [6.45, 7) is 4.17. The number of hydrogen-bond acceptors (Lipinski definition) is 5. The maximum atomic E-state index is 10.5. The van der Waals surface area contributed by atoms with Gasteiger partial charge in [0.25, 0.3) is 0 Å². The van der Waals surface area contributed by atoms with Crippen LogP contribution in [-0.4, -0.2) is 38.1 Å². The smallest absolute Gasteiger partial charge is 0.165 e. The van der Waals surface area contributed by atoms with Crippen molar-refractivity contribution in [3.05, 3.63) is 114 Å². The van der Waals surface area contributed by atoms with Gasteiger partial charge in [-0.1, -0.05) is 61.2 Å². The van der Waals surface area contributed by atoms with Gasteiger partial charge in [0.05, 0.1) is 38.2 Å². The van der Waals surface area contributed by atoms with Crippen molar-refractivity contribution in [1.82, 2.24) is 0 Å². The summed E-state index contributed by atoms with van der Waals surface area (Å²) in [5.41, 5.74) is 10.8. The third-order valence-corrected chi connectivity index (χ3v) is 5.92. The van der Waals surface area contributed by atoms with Crippen LogP contribution >= 0.6 is 0 Å². The Bertz CT molecular complexity index is 1490. The molecule has 0 saturated carbocycles. The van der Waals surface area contributed by atoms with Crippen molar-refractivity contribution < 1.29 is 19.3 Å². The largest absolute Gasteiger partial charge is 0.507 e. The van der Waals surface area contributed by atoms with E-state index in [-0.39, 0.29) is 17.4 Å². The molecule has 0 atom stereocenters. The van der Waals surface area contributed by atoms with Crippen molar-refractivity contribution in [2.45, 2.75) is 0 Å². The lowest BCUT2D eigenvalue weighted by atomic mass is 10.0. The molecule has 7 heteroatoms. The van der Waals surface area contributed by atoms with Crippen LogP contribution in [0.2, 0.25) is 0 Å². The molecule has 0 spiro atoms. The lowest BCUT2D eigenvalue weighted by molar-refractivity contribution is 0.394. The van der Waals surface area contributed by atoms with Crippen LogP contribution in [0.4, 0.5) is 0 Å². The first-order valence-electron chi connectivity index (χ1n) is 11.8. The summed E-state index contributed by atoms with van der Waals surface area (Å²) in [6.07, 6.45) is 0. The molecule has 38 heavy (non-hydrogen) atoms. The molecule has 0 aliphatic heterocycles. The van der Waals surface area contributed by atoms with Crippen LogP contribution in [0.5, 0.6) is 23.0 Å². The number of nitrogens with two attached hydrogens (primary N) is 1. The molecule has 0 aromatic heterocycles. The highest BCUT2D eigenvalue weighted by molar-refractivity contribution is 6.14. The summed E-state index contributed by atoms with van der Waals surface area (Å²) < 4.78 is 16.1. The summed E-state index contributed by atoms with van der Waals surface area (Å²) in [5, 5.41) is 10.5. The van der Waals surface area contributed by atoms with E-state index < -0.39 is 0 Å². The van der Waals surface area contributed by atoms with Crippen LogP contribution in [-0.2, 0) is 0 Å². The number of nitrogens with zero attached hydrogens (tertiary/aromatic N) is 2. The number of amidine groups is 2. The van der Waals surface area contributed by atoms with E-state index in [0.29, 0.717) is 34.1 Å². The number of ether oxygens (including phenoxy) is 3. The molecule has 7 nitrogen and oxygen atoms in total. The molecule has 0 aliphatic rings. The second-order valence-corrected chi connectivity index (χ2v) is 8.27.